The van der Waals surface area contributed by atoms with Crippen LogP contribution in [0.25, 0.3) is 0 Å². The van der Waals surface area contributed by atoms with E-state index in [0.717, 1.165) is 23.7 Å². The minimum absolute atomic E-state index is 1.14. The zero-order valence-electron chi connectivity index (χ0n) is 23.4. The van der Waals surface area contributed by atoms with Gasteiger partial charge in [0.1, 0.15) is 0 Å². The summed E-state index contributed by atoms with van der Waals surface area (Å²) < 4.78 is 0. The summed E-state index contributed by atoms with van der Waals surface area (Å²) in [7, 11) is 0. The summed E-state index contributed by atoms with van der Waals surface area (Å²) in [6.45, 7) is 4.63. The van der Waals surface area contributed by atoms with Crippen molar-refractivity contribution in [1.29, 1.82) is 0 Å². The van der Waals surface area contributed by atoms with E-state index >= 15 is 0 Å². The van der Waals surface area contributed by atoms with Gasteiger partial charge < -0.3 is 0 Å². The Morgan fingerprint density at radius 3 is 0.758 bits per heavy atom. The molecule has 0 aromatic carbocycles. The third kappa shape index (κ3) is 16.3. The van der Waals surface area contributed by atoms with Gasteiger partial charge in [-0.15, -0.1) is 0 Å². The average molecular weight is 461 g/mol. The van der Waals surface area contributed by atoms with Crippen molar-refractivity contribution in [3.05, 3.63) is 0 Å². The zero-order valence-corrected chi connectivity index (χ0v) is 23.4. The fourth-order valence-corrected chi connectivity index (χ4v) is 6.46. The van der Waals surface area contributed by atoms with Gasteiger partial charge in [0.2, 0.25) is 0 Å². The fourth-order valence-electron chi connectivity index (χ4n) is 6.46. The highest BCUT2D eigenvalue weighted by Crippen LogP contribution is 2.46. The van der Waals surface area contributed by atoms with Crippen molar-refractivity contribution in [3.8, 4) is 0 Å². The van der Waals surface area contributed by atoms with E-state index < -0.39 is 0 Å². The molecule has 4 atom stereocenters. The average Bonchev–Trinajstić information content (AvgIpc) is 3.74. The molecule has 2 fully saturated rings. The van der Waals surface area contributed by atoms with E-state index in [1.807, 2.05) is 0 Å². The van der Waals surface area contributed by atoms with Crippen molar-refractivity contribution in [2.45, 2.75) is 187 Å². The molecule has 0 radical (unpaired) electrons. The molecule has 2 saturated carbocycles. The van der Waals surface area contributed by atoms with Crippen molar-refractivity contribution >= 4 is 0 Å². The second kappa shape index (κ2) is 20.2. The van der Waals surface area contributed by atoms with Crippen LogP contribution >= 0.6 is 0 Å². The van der Waals surface area contributed by atoms with Gasteiger partial charge >= 0.3 is 0 Å². The molecule has 0 heterocycles. The SMILES string of the molecule is CCCCCCCCCCC1CC1CCCCCCCCCCC1CC1CCCCCCC. The minimum Gasteiger partial charge on any atom is -0.0654 e. The second-order valence-corrected chi connectivity index (χ2v) is 12.4. The first-order valence-electron chi connectivity index (χ1n) is 16.3. The molecule has 0 nitrogen and oxygen atoms in total. The zero-order chi connectivity index (χ0) is 23.4. The molecule has 0 aromatic rings. The molecular formula is C33H64. The summed E-state index contributed by atoms with van der Waals surface area (Å²) in [5.41, 5.74) is 0. The summed E-state index contributed by atoms with van der Waals surface area (Å²) >= 11 is 0. The first-order valence-corrected chi connectivity index (χ1v) is 16.3. The number of rotatable bonds is 26. The molecule has 2 rings (SSSR count). The van der Waals surface area contributed by atoms with Crippen LogP contribution in [0.1, 0.15) is 187 Å². The molecule has 0 N–H and O–H groups in total. The molecular weight excluding hydrogens is 396 g/mol. The number of hydrogen-bond acceptors (Lipinski definition) is 0. The van der Waals surface area contributed by atoms with Crippen molar-refractivity contribution in [1.82, 2.24) is 0 Å². The van der Waals surface area contributed by atoms with Gasteiger partial charge in [0.15, 0.2) is 0 Å². The molecule has 0 saturated heterocycles. The van der Waals surface area contributed by atoms with Crippen molar-refractivity contribution in [2.24, 2.45) is 23.7 Å². The van der Waals surface area contributed by atoms with E-state index in [9.17, 15) is 0 Å². The molecule has 0 aliphatic heterocycles. The van der Waals surface area contributed by atoms with Gasteiger partial charge in [-0.1, -0.05) is 174 Å². The van der Waals surface area contributed by atoms with Gasteiger partial charge in [-0.3, -0.25) is 0 Å². The molecule has 0 heteroatoms. The number of unbranched alkanes of at least 4 members (excludes halogenated alkanes) is 18. The fraction of sp³-hybridized carbons (Fsp3) is 1.00. The molecule has 0 amide bonds. The topological polar surface area (TPSA) is 0 Å². The highest BCUT2D eigenvalue weighted by Gasteiger charge is 2.35. The van der Waals surface area contributed by atoms with E-state index in [1.165, 1.54) is 135 Å². The lowest BCUT2D eigenvalue weighted by Gasteiger charge is -2.04. The summed E-state index contributed by atoms with van der Waals surface area (Å²) in [5, 5.41) is 0. The van der Waals surface area contributed by atoms with E-state index in [-0.39, 0.29) is 0 Å². The van der Waals surface area contributed by atoms with Crippen LogP contribution in [0.5, 0.6) is 0 Å². The van der Waals surface area contributed by atoms with Gasteiger partial charge in [-0.2, -0.15) is 0 Å². The Morgan fingerprint density at radius 2 is 0.515 bits per heavy atom. The summed E-state index contributed by atoms with van der Waals surface area (Å²) in [6.07, 6.45) is 40.7. The van der Waals surface area contributed by atoms with Gasteiger partial charge in [-0.25, -0.2) is 0 Å². The van der Waals surface area contributed by atoms with Gasteiger partial charge in [-0.05, 0) is 36.5 Å². The maximum Gasteiger partial charge on any atom is -0.0383 e. The Kier molecular flexibility index (Phi) is 17.9. The third-order valence-corrected chi connectivity index (χ3v) is 9.14. The van der Waals surface area contributed by atoms with Crippen molar-refractivity contribution in [2.75, 3.05) is 0 Å². The maximum atomic E-state index is 2.32. The normalized spacial score (nSPS) is 23.8. The number of hydrogen-bond donors (Lipinski definition) is 0. The largest absolute Gasteiger partial charge is 0.0654 e. The van der Waals surface area contributed by atoms with Crippen LogP contribution in [0.2, 0.25) is 0 Å². The van der Waals surface area contributed by atoms with Crippen LogP contribution in [0.15, 0.2) is 0 Å². The lowest BCUT2D eigenvalue weighted by Crippen LogP contribution is -1.88. The summed E-state index contributed by atoms with van der Waals surface area (Å²) in [5.74, 6) is 4.55. The molecule has 2 aliphatic rings. The van der Waals surface area contributed by atoms with E-state index in [0.29, 0.717) is 0 Å². The monoisotopic (exact) mass is 461 g/mol. The first-order chi connectivity index (χ1) is 16.3. The molecule has 0 spiro atoms. The van der Waals surface area contributed by atoms with Crippen LogP contribution in [-0.2, 0) is 0 Å². The Bertz CT molecular complexity index is 412. The van der Waals surface area contributed by atoms with Gasteiger partial charge in [0, 0.05) is 0 Å². The van der Waals surface area contributed by atoms with E-state index in [1.54, 1.807) is 38.5 Å². The predicted octanol–water partition coefficient (Wildman–Crippen LogP) is 12.1. The summed E-state index contributed by atoms with van der Waals surface area (Å²) in [4.78, 5) is 0. The molecule has 2 aliphatic carbocycles. The van der Waals surface area contributed by atoms with Crippen molar-refractivity contribution in [3.63, 3.8) is 0 Å². The highest BCUT2D eigenvalue weighted by atomic mass is 14.4. The van der Waals surface area contributed by atoms with Crippen LogP contribution in [0.3, 0.4) is 0 Å². The summed E-state index contributed by atoms with van der Waals surface area (Å²) in [6, 6.07) is 0. The van der Waals surface area contributed by atoms with E-state index in [2.05, 4.69) is 13.8 Å². The van der Waals surface area contributed by atoms with E-state index in [4.69, 9.17) is 0 Å². The van der Waals surface area contributed by atoms with Gasteiger partial charge in [0.25, 0.3) is 0 Å². The van der Waals surface area contributed by atoms with Crippen LogP contribution in [0, 0.1) is 23.7 Å². The molecule has 33 heavy (non-hydrogen) atoms. The van der Waals surface area contributed by atoms with Crippen molar-refractivity contribution < 1.29 is 0 Å². The molecule has 0 aromatic heterocycles. The highest BCUT2D eigenvalue weighted by molar-refractivity contribution is 4.86. The third-order valence-electron chi connectivity index (χ3n) is 9.14. The Hall–Kier alpha value is 0. The van der Waals surface area contributed by atoms with Crippen LogP contribution < -0.4 is 0 Å². The quantitative estimate of drug-likeness (QED) is 0.113. The lowest BCUT2D eigenvalue weighted by molar-refractivity contribution is 0.500. The Labute approximate surface area is 210 Å². The van der Waals surface area contributed by atoms with Crippen LogP contribution in [-0.4, -0.2) is 0 Å². The molecule has 0 bridgehead atoms. The van der Waals surface area contributed by atoms with Crippen LogP contribution in [0.4, 0.5) is 0 Å². The minimum atomic E-state index is 1.14. The standard InChI is InChI=1S/C33H64/c1-3-5-7-9-10-13-17-21-25-32-29-33(32)27-23-19-15-12-11-14-18-22-26-31-28-30(31)24-20-16-8-6-4-2/h30-33H,3-29H2,1-2H3. The molecule has 196 valence electrons. The smallest absolute Gasteiger partial charge is 0.0383 e. The maximum absolute atomic E-state index is 2.32. The first kappa shape index (κ1) is 29.2. The molecule has 4 unspecified atom stereocenters. The Balaban J connectivity index is 1.22. The second-order valence-electron chi connectivity index (χ2n) is 12.4. The lowest BCUT2D eigenvalue weighted by atomic mass is 10.0. The van der Waals surface area contributed by atoms with Gasteiger partial charge in [0.05, 0.1) is 0 Å². The Morgan fingerprint density at radius 1 is 0.303 bits per heavy atom. The predicted molar refractivity (Wildman–Crippen MR) is 150 cm³/mol.